The lowest BCUT2D eigenvalue weighted by atomic mass is 10.1. The van der Waals surface area contributed by atoms with Crippen LogP contribution in [0.1, 0.15) is 15.9 Å². The van der Waals surface area contributed by atoms with E-state index in [2.05, 4.69) is 5.32 Å². The molecule has 0 atom stereocenters. The smallest absolute Gasteiger partial charge is 0.416 e. The Labute approximate surface area is 135 Å². The van der Waals surface area contributed by atoms with E-state index in [1.54, 1.807) is 0 Å². The van der Waals surface area contributed by atoms with Gasteiger partial charge < -0.3 is 14.8 Å². The molecule has 0 heterocycles. The van der Waals surface area contributed by atoms with E-state index in [-0.39, 0.29) is 11.3 Å². The molecule has 0 saturated heterocycles. The van der Waals surface area contributed by atoms with Crippen LogP contribution in [-0.2, 0) is 6.18 Å². The summed E-state index contributed by atoms with van der Waals surface area (Å²) in [6.45, 7) is 0. The molecule has 1 amide bonds. The maximum absolute atomic E-state index is 13.7. The van der Waals surface area contributed by atoms with Gasteiger partial charge in [0.05, 0.1) is 25.5 Å². The van der Waals surface area contributed by atoms with Gasteiger partial charge in [0.15, 0.2) is 11.5 Å². The summed E-state index contributed by atoms with van der Waals surface area (Å²) in [5.41, 5.74) is -1.56. The molecule has 0 fully saturated rings. The highest BCUT2D eigenvalue weighted by molar-refractivity contribution is 6.04. The predicted molar refractivity (Wildman–Crippen MR) is 78.9 cm³/mol. The fraction of sp³-hybridized carbons (Fsp3) is 0.188. The number of ether oxygens (including phenoxy) is 2. The number of rotatable bonds is 4. The van der Waals surface area contributed by atoms with Crippen LogP contribution < -0.4 is 14.8 Å². The fourth-order valence-electron chi connectivity index (χ4n) is 1.97. The molecule has 0 aliphatic heterocycles. The molecule has 0 aromatic heterocycles. The van der Waals surface area contributed by atoms with E-state index >= 15 is 0 Å². The highest BCUT2D eigenvalue weighted by Gasteiger charge is 2.31. The lowest BCUT2D eigenvalue weighted by Gasteiger charge is -2.12. The molecule has 0 bridgehead atoms. The number of halogens is 4. The van der Waals surface area contributed by atoms with Gasteiger partial charge >= 0.3 is 6.18 Å². The maximum atomic E-state index is 13.7. The van der Waals surface area contributed by atoms with Crippen molar-refractivity contribution in [3.8, 4) is 11.5 Å². The molecule has 0 saturated carbocycles. The number of amides is 1. The molecule has 2 aromatic rings. The Hall–Kier alpha value is -2.77. The van der Waals surface area contributed by atoms with E-state index in [0.717, 1.165) is 0 Å². The molecule has 2 rings (SSSR count). The number of carbonyl (C=O) groups excluding carboxylic acids is 1. The first-order valence-electron chi connectivity index (χ1n) is 6.66. The zero-order valence-corrected chi connectivity index (χ0v) is 12.7. The molecule has 4 nitrogen and oxygen atoms in total. The Balaban J connectivity index is 2.30. The van der Waals surface area contributed by atoms with Gasteiger partial charge in [0.1, 0.15) is 5.82 Å². The van der Waals surface area contributed by atoms with Crippen LogP contribution >= 0.6 is 0 Å². The highest BCUT2D eigenvalue weighted by Crippen LogP contribution is 2.32. The van der Waals surface area contributed by atoms with Gasteiger partial charge in [-0.25, -0.2) is 4.39 Å². The maximum Gasteiger partial charge on any atom is 0.416 e. The zero-order chi connectivity index (χ0) is 17.9. The fourth-order valence-corrected chi connectivity index (χ4v) is 1.97. The minimum atomic E-state index is -4.64. The van der Waals surface area contributed by atoms with Crippen molar-refractivity contribution in [3.05, 3.63) is 53.3 Å². The van der Waals surface area contributed by atoms with Gasteiger partial charge in [-0.3, -0.25) is 4.79 Å². The Kier molecular flexibility index (Phi) is 4.96. The average Bonchev–Trinajstić information content (AvgIpc) is 2.55. The van der Waals surface area contributed by atoms with Crippen molar-refractivity contribution < 1.29 is 31.8 Å². The summed E-state index contributed by atoms with van der Waals surface area (Å²) in [6.07, 6.45) is -4.64. The molecular weight excluding hydrogens is 330 g/mol. The molecule has 0 unspecified atom stereocenters. The standard InChI is InChI=1S/C16H13F4NO3/c1-23-13-6-3-9(7-14(13)24-2)15(22)21-12-8-10(16(18,19)20)4-5-11(12)17/h3-8H,1-2H3,(H,21,22). The van der Waals surface area contributed by atoms with Crippen LogP contribution in [0.3, 0.4) is 0 Å². The van der Waals surface area contributed by atoms with E-state index < -0.39 is 29.2 Å². The summed E-state index contributed by atoms with van der Waals surface area (Å²) in [7, 11) is 2.78. The van der Waals surface area contributed by atoms with Crippen molar-refractivity contribution in [1.82, 2.24) is 0 Å². The van der Waals surface area contributed by atoms with Crippen molar-refractivity contribution in [2.75, 3.05) is 19.5 Å². The first-order valence-corrected chi connectivity index (χ1v) is 6.66. The molecular formula is C16H13F4NO3. The van der Waals surface area contributed by atoms with E-state index in [1.807, 2.05) is 0 Å². The van der Waals surface area contributed by atoms with Gasteiger partial charge in [-0.2, -0.15) is 13.2 Å². The summed E-state index contributed by atoms with van der Waals surface area (Å²) < 4.78 is 61.8. The van der Waals surface area contributed by atoms with Gasteiger partial charge in [-0.1, -0.05) is 0 Å². The molecule has 128 valence electrons. The van der Waals surface area contributed by atoms with E-state index in [0.29, 0.717) is 23.9 Å². The van der Waals surface area contributed by atoms with Crippen molar-refractivity contribution in [1.29, 1.82) is 0 Å². The molecule has 0 radical (unpaired) electrons. The summed E-state index contributed by atoms with van der Waals surface area (Å²) in [6, 6.07) is 5.94. The Morgan fingerprint density at radius 3 is 2.25 bits per heavy atom. The second kappa shape index (κ2) is 6.77. The monoisotopic (exact) mass is 343 g/mol. The number of hydrogen-bond donors (Lipinski definition) is 1. The van der Waals surface area contributed by atoms with Gasteiger partial charge in [0, 0.05) is 5.56 Å². The predicted octanol–water partition coefficient (Wildman–Crippen LogP) is 4.11. The van der Waals surface area contributed by atoms with E-state index in [1.165, 1.54) is 32.4 Å². The number of anilines is 1. The third-order valence-corrected chi connectivity index (χ3v) is 3.19. The second-order valence-electron chi connectivity index (χ2n) is 4.72. The van der Waals surface area contributed by atoms with Gasteiger partial charge in [0.2, 0.25) is 0 Å². The minimum Gasteiger partial charge on any atom is -0.493 e. The van der Waals surface area contributed by atoms with Gasteiger partial charge in [0.25, 0.3) is 5.91 Å². The molecule has 2 aromatic carbocycles. The number of nitrogens with one attached hydrogen (secondary N) is 1. The largest absolute Gasteiger partial charge is 0.493 e. The van der Waals surface area contributed by atoms with Crippen LogP contribution in [0.15, 0.2) is 36.4 Å². The SMILES string of the molecule is COc1ccc(C(=O)Nc2cc(C(F)(F)F)ccc2F)cc1OC. The lowest BCUT2D eigenvalue weighted by Crippen LogP contribution is -2.14. The van der Waals surface area contributed by atoms with Crippen molar-refractivity contribution >= 4 is 11.6 Å². The Bertz CT molecular complexity index is 759. The van der Waals surface area contributed by atoms with Gasteiger partial charge in [-0.05, 0) is 36.4 Å². The highest BCUT2D eigenvalue weighted by atomic mass is 19.4. The van der Waals surface area contributed by atoms with Crippen LogP contribution in [0.4, 0.5) is 23.2 Å². The number of hydrogen-bond acceptors (Lipinski definition) is 3. The topological polar surface area (TPSA) is 47.6 Å². The molecule has 0 aliphatic carbocycles. The van der Waals surface area contributed by atoms with Gasteiger partial charge in [-0.15, -0.1) is 0 Å². The number of carbonyl (C=O) groups is 1. The zero-order valence-electron chi connectivity index (χ0n) is 12.7. The van der Waals surface area contributed by atoms with E-state index in [4.69, 9.17) is 9.47 Å². The number of methoxy groups -OCH3 is 2. The summed E-state index contributed by atoms with van der Waals surface area (Å²) in [4.78, 5) is 12.1. The van der Waals surface area contributed by atoms with Crippen LogP contribution in [0, 0.1) is 5.82 Å². The first kappa shape index (κ1) is 17.6. The quantitative estimate of drug-likeness (QED) is 0.850. The second-order valence-corrected chi connectivity index (χ2v) is 4.72. The third-order valence-electron chi connectivity index (χ3n) is 3.19. The van der Waals surface area contributed by atoms with Crippen LogP contribution in [0.25, 0.3) is 0 Å². The molecule has 0 aliphatic rings. The van der Waals surface area contributed by atoms with Crippen molar-refractivity contribution in [2.45, 2.75) is 6.18 Å². The lowest BCUT2D eigenvalue weighted by molar-refractivity contribution is -0.137. The summed E-state index contributed by atoms with van der Waals surface area (Å²) in [5, 5.41) is 2.12. The Morgan fingerprint density at radius 2 is 1.67 bits per heavy atom. The third kappa shape index (κ3) is 3.76. The number of alkyl halides is 3. The van der Waals surface area contributed by atoms with Crippen LogP contribution in [-0.4, -0.2) is 20.1 Å². The van der Waals surface area contributed by atoms with Crippen LogP contribution in [0.5, 0.6) is 11.5 Å². The van der Waals surface area contributed by atoms with Crippen molar-refractivity contribution in [2.24, 2.45) is 0 Å². The summed E-state index contributed by atoms with van der Waals surface area (Å²) in [5.74, 6) is -1.13. The Morgan fingerprint density at radius 1 is 1.00 bits per heavy atom. The molecule has 1 N–H and O–H groups in total. The molecule has 0 spiro atoms. The average molecular weight is 343 g/mol. The minimum absolute atomic E-state index is 0.0736. The summed E-state index contributed by atoms with van der Waals surface area (Å²) >= 11 is 0. The number of benzene rings is 2. The normalized spacial score (nSPS) is 11.1. The molecule has 24 heavy (non-hydrogen) atoms. The first-order chi connectivity index (χ1) is 11.3. The van der Waals surface area contributed by atoms with Crippen LogP contribution in [0.2, 0.25) is 0 Å². The van der Waals surface area contributed by atoms with E-state index in [9.17, 15) is 22.4 Å². The molecule has 8 heteroatoms. The van der Waals surface area contributed by atoms with Crippen molar-refractivity contribution in [3.63, 3.8) is 0 Å².